The number of nitrogens with zero attached hydrogens (tertiary/aromatic N) is 4. The first kappa shape index (κ1) is 10.0. The van der Waals surface area contributed by atoms with Gasteiger partial charge in [0.15, 0.2) is 5.82 Å². The number of aryl methyl sites for hydroxylation is 1. The Kier molecular flexibility index (Phi) is 2.64. The summed E-state index contributed by atoms with van der Waals surface area (Å²) in [6, 6.07) is 0. The van der Waals surface area contributed by atoms with E-state index >= 15 is 0 Å². The molecule has 2 N–H and O–H groups in total. The van der Waals surface area contributed by atoms with E-state index in [2.05, 4.69) is 22.0 Å². The molecule has 1 atom stereocenters. The monoisotopic (exact) mass is 205 g/mol. The van der Waals surface area contributed by atoms with Crippen LogP contribution >= 0.6 is 0 Å². The maximum absolute atomic E-state index is 5.61. The van der Waals surface area contributed by atoms with Gasteiger partial charge in [-0.15, -0.1) is 5.10 Å². The molecule has 0 bridgehead atoms. The van der Waals surface area contributed by atoms with Gasteiger partial charge in [0, 0.05) is 18.8 Å². The first-order valence-electron chi connectivity index (χ1n) is 5.15. The van der Waals surface area contributed by atoms with Crippen molar-refractivity contribution in [2.45, 2.75) is 26.2 Å². The second-order valence-electron chi connectivity index (χ2n) is 3.65. The fourth-order valence-electron chi connectivity index (χ4n) is 1.38. The van der Waals surface area contributed by atoms with Crippen molar-refractivity contribution >= 4 is 5.78 Å². The predicted molar refractivity (Wildman–Crippen MR) is 57.6 cm³/mol. The SMILES string of the molecule is CCc1nc2ncc(C(C)CN)cn2n1. The Bertz CT molecular complexity index is 462. The third kappa shape index (κ3) is 1.83. The van der Waals surface area contributed by atoms with E-state index in [0.717, 1.165) is 17.8 Å². The molecule has 15 heavy (non-hydrogen) atoms. The van der Waals surface area contributed by atoms with E-state index < -0.39 is 0 Å². The van der Waals surface area contributed by atoms with Gasteiger partial charge < -0.3 is 5.73 Å². The van der Waals surface area contributed by atoms with Gasteiger partial charge in [0.2, 0.25) is 0 Å². The standard InChI is InChI=1S/C10H15N5/c1-3-9-13-10-12-5-8(7(2)4-11)6-15(10)14-9/h5-7H,3-4,11H2,1-2H3. The zero-order chi connectivity index (χ0) is 10.8. The van der Waals surface area contributed by atoms with E-state index in [1.807, 2.05) is 19.3 Å². The Balaban J connectivity index is 2.45. The Morgan fingerprint density at radius 1 is 1.53 bits per heavy atom. The average molecular weight is 205 g/mol. The number of aromatic nitrogens is 4. The summed E-state index contributed by atoms with van der Waals surface area (Å²) in [4.78, 5) is 8.52. The van der Waals surface area contributed by atoms with Crippen LogP contribution in [0.3, 0.4) is 0 Å². The van der Waals surface area contributed by atoms with E-state index in [4.69, 9.17) is 5.73 Å². The van der Waals surface area contributed by atoms with E-state index in [0.29, 0.717) is 18.2 Å². The lowest BCUT2D eigenvalue weighted by molar-refractivity contribution is 0.751. The Morgan fingerprint density at radius 2 is 2.33 bits per heavy atom. The van der Waals surface area contributed by atoms with Crippen molar-refractivity contribution in [3.63, 3.8) is 0 Å². The van der Waals surface area contributed by atoms with Crippen molar-refractivity contribution < 1.29 is 0 Å². The molecule has 0 saturated heterocycles. The highest BCUT2D eigenvalue weighted by atomic mass is 15.3. The Morgan fingerprint density at radius 3 is 3.00 bits per heavy atom. The second kappa shape index (κ2) is 3.94. The van der Waals surface area contributed by atoms with Crippen LogP contribution in [-0.2, 0) is 6.42 Å². The van der Waals surface area contributed by atoms with Gasteiger partial charge in [-0.25, -0.2) is 9.50 Å². The molecule has 0 aliphatic heterocycles. The van der Waals surface area contributed by atoms with Crippen molar-refractivity contribution in [1.29, 1.82) is 0 Å². The summed E-state index contributed by atoms with van der Waals surface area (Å²) in [5, 5.41) is 4.31. The van der Waals surface area contributed by atoms with Crippen molar-refractivity contribution in [3.05, 3.63) is 23.8 Å². The Hall–Kier alpha value is -1.49. The molecule has 2 aromatic rings. The molecule has 80 valence electrons. The molecule has 1 unspecified atom stereocenters. The lowest BCUT2D eigenvalue weighted by atomic mass is 10.1. The highest BCUT2D eigenvalue weighted by molar-refractivity contribution is 5.28. The fourth-order valence-corrected chi connectivity index (χ4v) is 1.38. The number of nitrogens with two attached hydrogens (primary N) is 1. The topological polar surface area (TPSA) is 69.1 Å². The van der Waals surface area contributed by atoms with Crippen LogP contribution in [0.2, 0.25) is 0 Å². The highest BCUT2D eigenvalue weighted by Gasteiger charge is 2.07. The zero-order valence-electron chi connectivity index (χ0n) is 9.01. The van der Waals surface area contributed by atoms with Gasteiger partial charge in [0.1, 0.15) is 0 Å². The normalized spacial score (nSPS) is 13.3. The molecule has 0 saturated carbocycles. The largest absolute Gasteiger partial charge is 0.330 e. The van der Waals surface area contributed by atoms with Gasteiger partial charge >= 0.3 is 0 Å². The summed E-state index contributed by atoms with van der Waals surface area (Å²) in [6.07, 6.45) is 4.60. The van der Waals surface area contributed by atoms with Crippen LogP contribution < -0.4 is 5.73 Å². The first-order valence-corrected chi connectivity index (χ1v) is 5.15. The van der Waals surface area contributed by atoms with Crippen LogP contribution in [0.4, 0.5) is 0 Å². The van der Waals surface area contributed by atoms with Gasteiger partial charge in [-0.3, -0.25) is 0 Å². The summed E-state index contributed by atoms with van der Waals surface area (Å²) < 4.78 is 1.72. The highest BCUT2D eigenvalue weighted by Crippen LogP contribution is 2.12. The molecule has 5 nitrogen and oxygen atoms in total. The smallest absolute Gasteiger partial charge is 0.252 e. The minimum atomic E-state index is 0.302. The summed E-state index contributed by atoms with van der Waals surface area (Å²) >= 11 is 0. The lowest BCUT2D eigenvalue weighted by Gasteiger charge is -2.06. The number of rotatable bonds is 3. The van der Waals surface area contributed by atoms with Crippen LogP contribution in [0.25, 0.3) is 5.78 Å². The minimum absolute atomic E-state index is 0.302. The molecule has 0 aliphatic carbocycles. The third-order valence-electron chi connectivity index (χ3n) is 2.50. The molecule has 0 amide bonds. The van der Waals surface area contributed by atoms with Crippen LogP contribution in [0, 0.1) is 0 Å². The van der Waals surface area contributed by atoms with Crippen molar-refractivity contribution in [3.8, 4) is 0 Å². The Labute approximate surface area is 88.3 Å². The molecule has 0 radical (unpaired) electrons. The molecular weight excluding hydrogens is 190 g/mol. The maximum Gasteiger partial charge on any atom is 0.252 e. The molecule has 2 aromatic heterocycles. The van der Waals surface area contributed by atoms with Gasteiger partial charge in [-0.2, -0.15) is 4.98 Å². The van der Waals surface area contributed by atoms with Gasteiger partial charge in [-0.05, 0) is 18.0 Å². The summed E-state index contributed by atoms with van der Waals surface area (Å²) in [5.74, 6) is 1.77. The zero-order valence-corrected chi connectivity index (χ0v) is 9.01. The quantitative estimate of drug-likeness (QED) is 0.802. The van der Waals surface area contributed by atoms with Crippen molar-refractivity contribution in [2.75, 3.05) is 6.54 Å². The summed E-state index contributed by atoms with van der Waals surface area (Å²) in [5.41, 5.74) is 6.70. The third-order valence-corrected chi connectivity index (χ3v) is 2.50. The number of fused-ring (bicyclic) bond motifs is 1. The molecular formula is C10H15N5. The maximum atomic E-state index is 5.61. The number of hydrogen-bond acceptors (Lipinski definition) is 4. The van der Waals surface area contributed by atoms with E-state index in [1.165, 1.54) is 0 Å². The number of hydrogen-bond donors (Lipinski definition) is 1. The van der Waals surface area contributed by atoms with E-state index in [-0.39, 0.29) is 0 Å². The van der Waals surface area contributed by atoms with E-state index in [9.17, 15) is 0 Å². The first-order chi connectivity index (χ1) is 7.24. The van der Waals surface area contributed by atoms with Crippen LogP contribution in [0.5, 0.6) is 0 Å². The average Bonchev–Trinajstić information content (AvgIpc) is 2.69. The summed E-state index contributed by atoms with van der Waals surface area (Å²) in [6.45, 7) is 4.71. The van der Waals surface area contributed by atoms with Gasteiger partial charge in [0.05, 0.1) is 0 Å². The van der Waals surface area contributed by atoms with Crippen LogP contribution in [0.15, 0.2) is 12.4 Å². The molecule has 2 rings (SSSR count). The van der Waals surface area contributed by atoms with Crippen molar-refractivity contribution in [2.24, 2.45) is 5.73 Å². The molecule has 0 aromatic carbocycles. The molecule has 2 heterocycles. The molecule has 5 heteroatoms. The van der Waals surface area contributed by atoms with Gasteiger partial charge in [-0.1, -0.05) is 13.8 Å². The van der Waals surface area contributed by atoms with E-state index in [1.54, 1.807) is 4.52 Å². The minimum Gasteiger partial charge on any atom is -0.330 e. The lowest BCUT2D eigenvalue weighted by Crippen LogP contribution is -2.10. The molecule has 0 fully saturated rings. The fraction of sp³-hybridized carbons (Fsp3) is 0.500. The predicted octanol–water partition coefficient (Wildman–Crippen LogP) is 0.749. The van der Waals surface area contributed by atoms with Crippen molar-refractivity contribution in [1.82, 2.24) is 19.6 Å². The second-order valence-corrected chi connectivity index (χ2v) is 3.65. The summed E-state index contributed by atoms with van der Waals surface area (Å²) in [7, 11) is 0. The van der Waals surface area contributed by atoms with Gasteiger partial charge in [0.25, 0.3) is 5.78 Å². The van der Waals surface area contributed by atoms with Crippen LogP contribution in [-0.4, -0.2) is 26.1 Å². The molecule has 0 aliphatic rings. The molecule has 0 spiro atoms. The van der Waals surface area contributed by atoms with Crippen LogP contribution in [0.1, 0.15) is 31.2 Å².